The fourth-order valence-corrected chi connectivity index (χ4v) is 3.09. The predicted molar refractivity (Wildman–Crippen MR) is 104 cm³/mol. The number of amides is 1. The number of hydrogen-bond acceptors (Lipinski definition) is 4. The highest BCUT2D eigenvalue weighted by Gasteiger charge is 2.18. The summed E-state index contributed by atoms with van der Waals surface area (Å²) in [5, 5.41) is 2.85. The van der Waals surface area contributed by atoms with Crippen molar-refractivity contribution in [3.63, 3.8) is 0 Å². The Morgan fingerprint density at radius 1 is 0.963 bits per heavy atom. The lowest BCUT2D eigenvalue weighted by molar-refractivity contribution is -0.152. The number of carbonyl (C=O) groups is 2. The van der Waals surface area contributed by atoms with E-state index in [4.69, 9.17) is 9.47 Å². The number of esters is 1. The summed E-state index contributed by atoms with van der Waals surface area (Å²) in [6, 6.07) is 14.3. The molecule has 5 nitrogen and oxygen atoms in total. The van der Waals surface area contributed by atoms with Crippen LogP contribution in [0.5, 0.6) is 5.75 Å². The van der Waals surface area contributed by atoms with Crippen molar-refractivity contribution in [1.29, 1.82) is 0 Å². The molecule has 142 valence electrons. The van der Waals surface area contributed by atoms with Crippen molar-refractivity contribution in [2.75, 3.05) is 11.9 Å². The van der Waals surface area contributed by atoms with Crippen LogP contribution in [0.15, 0.2) is 48.5 Å². The van der Waals surface area contributed by atoms with Crippen LogP contribution in [0.4, 0.5) is 5.69 Å². The van der Waals surface area contributed by atoms with E-state index in [1.807, 2.05) is 31.2 Å². The van der Waals surface area contributed by atoms with Gasteiger partial charge in [0, 0.05) is 11.3 Å². The average Bonchev–Trinajstić information content (AvgIpc) is 2.69. The van der Waals surface area contributed by atoms with E-state index in [2.05, 4.69) is 5.32 Å². The number of hydrogen-bond donors (Lipinski definition) is 1. The number of carbonyl (C=O) groups excluding carboxylic acids is 2. The van der Waals surface area contributed by atoms with Crippen molar-refractivity contribution in [2.24, 2.45) is 0 Å². The van der Waals surface area contributed by atoms with Gasteiger partial charge in [-0.3, -0.25) is 4.79 Å². The fourth-order valence-electron chi connectivity index (χ4n) is 3.09. The monoisotopic (exact) mass is 367 g/mol. The zero-order valence-electron chi connectivity index (χ0n) is 15.6. The maximum atomic E-state index is 12.3. The molecule has 0 heterocycles. The lowest BCUT2D eigenvalue weighted by atomic mass is 9.98. The molecule has 1 N–H and O–H groups in total. The first-order valence-electron chi connectivity index (χ1n) is 9.40. The summed E-state index contributed by atoms with van der Waals surface area (Å²) >= 11 is 0. The molecule has 0 unspecified atom stereocenters. The highest BCUT2D eigenvalue weighted by Crippen LogP contribution is 2.20. The van der Waals surface area contributed by atoms with Gasteiger partial charge in [-0.1, -0.05) is 24.1 Å². The zero-order valence-corrected chi connectivity index (χ0v) is 15.6. The molecule has 0 atom stereocenters. The van der Waals surface area contributed by atoms with Gasteiger partial charge in [-0.15, -0.1) is 0 Å². The zero-order chi connectivity index (χ0) is 19.1. The van der Waals surface area contributed by atoms with Gasteiger partial charge < -0.3 is 14.8 Å². The third-order valence-electron chi connectivity index (χ3n) is 4.63. The van der Waals surface area contributed by atoms with E-state index >= 15 is 0 Å². The Morgan fingerprint density at radius 2 is 1.63 bits per heavy atom. The number of anilines is 1. The Balaban J connectivity index is 1.47. The van der Waals surface area contributed by atoms with Crippen LogP contribution < -0.4 is 10.1 Å². The van der Waals surface area contributed by atoms with Crippen LogP contribution in [0.3, 0.4) is 0 Å². The minimum Gasteiger partial charge on any atom is -0.482 e. The number of rotatable bonds is 6. The van der Waals surface area contributed by atoms with E-state index in [1.54, 1.807) is 24.3 Å². The van der Waals surface area contributed by atoms with Gasteiger partial charge in [0.25, 0.3) is 5.91 Å². The second-order valence-corrected chi connectivity index (χ2v) is 6.88. The maximum absolute atomic E-state index is 12.3. The summed E-state index contributed by atoms with van der Waals surface area (Å²) in [6.45, 7) is 1.88. The van der Waals surface area contributed by atoms with E-state index in [0.717, 1.165) is 36.9 Å². The molecule has 3 rings (SSSR count). The van der Waals surface area contributed by atoms with Crippen molar-refractivity contribution in [3.8, 4) is 5.75 Å². The van der Waals surface area contributed by atoms with Crippen LogP contribution in [0, 0.1) is 6.92 Å². The van der Waals surface area contributed by atoms with Gasteiger partial charge >= 0.3 is 5.97 Å². The Bertz CT molecular complexity index is 762. The highest BCUT2D eigenvalue weighted by atomic mass is 16.6. The maximum Gasteiger partial charge on any atom is 0.344 e. The summed E-state index contributed by atoms with van der Waals surface area (Å²) in [5.41, 5.74) is 2.40. The second kappa shape index (κ2) is 9.21. The minimum absolute atomic E-state index is 0.0303. The molecule has 2 aromatic rings. The lowest BCUT2D eigenvalue weighted by Crippen LogP contribution is -2.24. The molecule has 1 amide bonds. The first-order valence-corrected chi connectivity index (χ1v) is 9.40. The second-order valence-electron chi connectivity index (χ2n) is 6.88. The standard InChI is InChI=1S/C22H25NO4/c1-16-7-11-18(12-8-16)23-22(25)17-9-13-19(14-10-17)26-15-21(24)27-20-5-3-2-4-6-20/h7-14,20H,2-6,15H2,1H3,(H,23,25). The highest BCUT2D eigenvalue weighted by molar-refractivity contribution is 6.04. The first-order chi connectivity index (χ1) is 13.1. The summed E-state index contributed by atoms with van der Waals surface area (Å²) in [4.78, 5) is 24.1. The van der Waals surface area contributed by atoms with Crippen LogP contribution in [0.25, 0.3) is 0 Å². The molecule has 0 radical (unpaired) electrons. The molecule has 1 aliphatic carbocycles. The molecule has 0 saturated heterocycles. The largest absolute Gasteiger partial charge is 0.482 e. The van der Waals surface area contributed by atoms with E-state index in [0.29, 0.717) is 11.3 Å². The van der Waals surface area contributed by atoms with E-state index in [9.17, 15) is 9.59 Å². The van der Waals surface area contributed by atoms with E-state index in [1.165, 1.54) is 6.42 Å². The predicted octanol–water partition coefficient (Wildman–Crippen LogP) is 4.50. The minimum atomic E-state index is -0.344. The van der Waals surface area contributed by atoms with Crippen LogP contribution in [0.1, 0.15) is 48.0 Å². The van der Waals surface area contributed by atoms with Gasteiger partial charge in [-0.05, 0) is 69.0 Å². The van der Waals surface area contributed by atoms with Gasteiger partial charge in [0.15, 0.2) is 6.61 Å². The van der Waals surface area contributed by atoms with Gasteiger partial charge in [-0.2, -0.15) is 0 Å². The first kappa shape index (κ1) is 19.0. The summed E-state index contributed by atoms with van der Waals surface area (Å²) in [7, 11) is 0. The average molecular weight is 367 g/mol. The SMILES string of the molecule is Cc1ccc(NC(=O)c2ccc(OCC(=O)OC3CCCCC3)cc2)cc1. The summed E-state index contributed by atoms with van der Waals surface area (Å²) < 4.78 is 10.9. The number of benzene rings is 2. The van der Waals surface area contributed by atoms with Crippen molar-refractivity contribution >= 4 is 17.6 Å². The molecule has 5 heteroatoms. The quantitative estimate of drug-likeness (QED) is 0.764. The van der Waals surface area contributed by atoms with Crippen molar-refractivity contribution in [3.05, 3.63) is 59.7 Å². The van der Waals surface area contributed by atoms with Gasteiger partial charge in [0.2, 0.25) is 0 Å². The molecule has 1 saturated carbocycles. The van der Waals surface area contributed by atoms with Crippen LogP contribution in [-0.4, -0.2) is 24.6 Å². The van der Waals surface area contributed by atoms with Crippen molar-refractivity contribution < 1.29 is 19.1 Å². The topological polar surface area (TPSA) is 64.6 Å². The molecule has 0 bridgehead atoms. The summed E-state index contributed by atoms with van der Waals surface area (Å²) in [6.07, 6.45) is 5.36. The normalized spacial score (nSPS) is 14.4. The van der Waals surface area contributed by atoms with Gasteiger partial charge in [-0.25, -0.2) is 4.79 Å². The van der Waals surface area contributed by atoms with Crippen LogP contribution in [0.2, 0.25) is 0 Å². The smallest absolute Gasteiger partial charge is 0.344 e. The number of nitrogens with one attached hydrogen (secondary N) is 1. The third-order valence-corrected chi connectivity index (χ3v) is 4.63. The molecular weight excluding hydrogens is 342 g/mol. The Labute approximate surface area is 159 Å². The Hall–Kier alpha value is -2.82. The van der Waals surface area contributed by atoms with E-state index < -0.39 is 0 Å². The molecule has 1 aliphatic rings. The van der Waals surface area contributed by atoms with Crippen molar-refractivity contribution in [1.82, 2.24) is 0 Å². The van der Waals surface area contributed by atoms with Crippen LogP contribution in [-0.2, 0) is 9.53 Å². The third kappa shape index (κ3) is 5.84. The number of ether oxygens (including phenoxy) is 2. The molecule has 0 aromatic heterocycles. The molecule has 0 aliphatic heterocycles. The molecule has 1 fully saturated rings. The van der Waals surface area contributed by atoms with Gasteiger partial charge in [0.05, 0.1) is 0 Å². The lowest BCUT2D eigenvalue weighted by Gasteiger charge is -2.21. The molecule has 27 heavy (non-hydrogen) atoms. The van der Waals surface area contributed by atoms with Crippen LogP contribution >= 0.6 is 0 Å². The molecule has 2 aromatic carbocycles. The number of aryl methyl sites for hydroxylation is 1. The molecule has 0 spiro atoms. The Morgan fingerprint density at radius 3 is 2.30 bits per heavy atom. The molecular formula is C22H25NO4. The van der Waals surface area contributed by atoms with E-state index in [-0.39, 0.29) is 24.6 Å². The van der Waals surface area contributed by atoms with Gasteiger partial charge in [0.1, 0.15) is 11.9 Å². The van der Waals surface area contributed by atoms with Crippen molar-refractivity contribution in [2.45, 2.75) is 45.1 Å². The fraction of sp³-hybridized carbons (Fsp3) is 0.364. The summed E-state index contributed by atoms with van der Waals surface area (Å²) in [5.74, 6) is -0.00678. The Kier molecular flexibility index (Phi) is 6.47.